The molecule has 1 aromatic rings. The van der Waals surface area contributed by atoms with Crippen LogP contribution in [0.5, 0.6) is 0 Å². The summed E-state index contributed by atoms with van der Waals surface area (Å²) in [5, 5.41) is 8.36. The highest BCUT2D eigenvalue weighted by Gasteiger charge is 2.27. The van der Waals surface area contributed by atoms with Crippen LogP contribution in [0.3, 0.4) is 0 Å². The molecule has 1 heterocycles. The van der Waals surface area contributed by atoms with Crippen LogP contribution in [0, 0.1) is 0 Å². The highest BCUT2D eigenvalue weighted by Crippen LogP contribution is 2.08. The lowest BCUT2D eigenvalue weighted by atomic mass is 10.0. The second kappa shape index (κ2) is 9.02. The average Bonchev–Trinajstić information content (AvgIpc) is 3.12. The van der Waals surface area contributed by atoms with Crippen LogP contribution in [0.1, 0.15) is 24.8 Å². The molecule has 24 heavy (non-hydrogen) atoms. The summed E-state index contributed by atoms with van der Waals surface area (Å²) in [6.45, 7) is 0.568. The summed E-state index contributed by atoms with van der Waals surface area (Å²) in [5.74, 6) is -1.19. The predicted octanol–water partition coefficient (Wildman–Crippen LogP) is -0.542. The van der Waals surface area contributed by atoms with Gasteiger partial charge in [-0.1, -0.05) is 30.3 Å². The Kier molecular flexibility index (Phi) is 6.74. The number of aryl methyl sites for hydroxylation is 1. The first kappa shape index (κ1) is 17.9. The van der Waals surface area contributed by atoms with Crippen molar-refractivity contribution < 1.29 is 14.4 Å². The molecule has 1 saturated heterocycles. The first-order valence-electron chi connectivity index (χ1n) is 8.20. The number of nitrogens with two attached hydrogens (primary N) is 1. The minimum Gasteiger partial charge on any atom is -0.368 e. The molecular formula is C17H24N4O3. The van der Waals surface area contributed by atoms with Crippen LogP contribution in [0.4, 0.5) is 0 Å². The van der Waals surface area contributed by atoms with Gasteiger partial charge in [-0.05, 0) is 37.8 Å². The average molecular weight is 332 g/mol. The quantitative estimate of drug-likeness (QED) is 0.512. The molecule has 0 saturated carbocycles. The standard InChI is InChI=1S/C17H24N4O3/c18-15(22)11-20-16(23)14(9-8-12-5-2-1-3-6-12)21-17(24)13-7-4-10-19-13/h1-3,5-6,13-14,19H,4,7-11H2,(H2,18,22)(H,20,23)(H,21,24)/t13-,14-/m0/s1. The normalized spacial score (nSPS) is 17.9. The number of rotatable bonds is 8. The first-order valence-corrected chi connectivity index (χ1v) is 8.20. The molecule has 1 aliphatic heterocycles. The van der Waals surface area contributed by atoms with Crippen molar-refractivity contribution >= 4 is 17.7 Å². The number of nitrogens with one attached hydrogen (secondary N) is 3. The third-order valence-electron chi connectivity index (χ3n) is 4.01. The molecule has 0 spiro atoms. The first-order chi connectivity index (χ1) is 11.6. The van der Waals surface area contributed by atoms with Gasteiger partial charge in [0.1, 0.15) is 6.04 Å². The zero-order valence-electron chi connectivity index (χ0n) is 13.6. The van der Waals surface area contributed by atoms with Gasteiger partial charge in [0.15, 0.2) is 0 Å². The smallest absolute Gasteiger partial charge is 0.243 e. The summed E-state index contributed by atoms with van der Waals surface area (Å²) in [6, 6.07) is 8.77. The van der Waals surface area contributed by atoms with Gasteiger partial charge >= 0.3 is 0 Å². The van der Waals surface area contributed by atoms with Gasteiger partial charge in [0.05, 0.1) is 12.6 Å². The van der Waals surface area contributed by atoms with Crippen LogP contribution < -0.4 is 21.7 Å². The molecule has 1 aromatic carbocycles. The summed E-state index contributed by atoms with van der Waals surface area (Å²) in [4.78, 5) is 35.4. The number of carbonyl (C=O) groups excluding carboxylic acids is 3. The number of hydrogen-bond acceptors (Lipinski definition) is 4. The molecule has 7 heteroatoms. The van der Waals surface area contributed by atoms with E-state index in [0.717, 1.165) is 24.9 Å². The number of primary amides is 1. The van der Waals surface area contributed by atoms with Gasteiger partial charge in [0.25, 0.3) is 0 Å². The molecule has 2 atom stereocenters. The molecule has 130 valence electrons. The molecule has 1 fully saturated rings. The van der Waals surface area contributed by atoms with E-state index in [1.807, 2.05) is 30.3 Å². The lowest BCUT2D eigenvalue weighted by molar-refractivity contribution is -0.130. The molecule has 5 N–H and O–H groups in total. The molecule has 2 rings (SSSR count). The molecule has 0 unspecified atom stereocenters. The van der Waals surface area contributed by atoms with Crippen molar-refractivity contribution in [2.24, 2.45) is 5.73 Å². The molecule has 0 aromatic heterocycles. The van der Waals surface area contributed by atoms with Crippen LogP contribution in [-0.2, 0) is 20.8 Å². The summed E-state index contributed by atoms with van der Waals surface area (Å²) in [5.41, 5.74) is 6.14. The topological polar surface area (TPSA) is 113 Å². The van der Waals surface area contributed by atoms with E-state index in [4.69, 9.17) is 5.73 Å². The van der Waals surface area contributed by atoms with E-state index in [9.17, 15) is 14.4 Å². The van der Waals surface area contributed by atoms with Gasteiger partial charge in [0.2, 0.25) is 17.7 Å². The summed E-state index contributed by atoms with van der Waals surface area (Å²) in [6.07, 6.45) is 2.81. The van der Waals surface area contributed by atoms with E-state index in [1.54, 1.807) is 0 Å². The Morgan fingerprint density at radius 1 is 1.25 bits per heavy atom. The molecular weight excluding hydrogens is 308 g/mol. The number of benzene rings is 1. The Bertz CT molecular complexity index is 570. The molecule has 0 radical (unpaired) electrons. The van der Waals surface area contributed by atoms with Gasteiger partial charge < -0.3 is 21.7 Å². The Labute approximate surface area is 141 Å². The maximum Gasteiger partial charge on any atom is 0.243 e. The Hall–Kier alpha value is -2.41. The van der Waals surface area contributed by atoms with Crippen molar-refractivity contribution in [3.63, 3.8) is 0 Å². The fourth-order valence-corrected chi connectivity index (χ4v) is 2.70. The van der Waals surface area contributed by atoms with Gasteiger partial charge in [-0.15, -0.1) is 0 Å². The largest absolute Gasteiger partial charge is 0.368 e. The van der Waals surface area contributed by atoms with E-state index in [-0.39, 0.29) is 18.5 Å². The minimum absolute atomic E-state index is 0.181. The predicted molar refractivity (Wildman–Crippen MR) is 89.9 cm³/mol. The van der Waals surface area contributed by atoms with Gasteiger partial charge in [-0.25, -0.2) is 0 Å². The van der Waals surface area contributed by atoms with E-state index in [0.29, 0.717) is 12.8 Å². The van der Waals surface area contributed by atoms with Crippen LogP contribution in [-0.4, -0.2) is 42.9 Å². The van der Waals surface area contributed by atoms with E-state index < -0.39 is 17.9 Å². The Morgan fingerprint density at radius 3 is 2.62 bits per heavy atom. The summed E-state index contributed by atoms with van der Waals surface area (Å²) in [7, 11) is 0. The van der Waals surface area contributed by atoms with Gasteiger partial charge in [0, 0.05) is 0 Å². The van der Waals surface area contributed by atoms with Crippen molar-refractivity contribution in [1.82, 2.24) is 16.0 Å². The number of hydrogen-bond donors (Lipinski definition) is 4. The molecule has 1 aliphatic rings. The van der Waals surface area contributed by atoms with Crippen molar-refractivity contribution in [1.29, 1.82) is 0 Å². The lowest BCUT2D eigenvalue weighted by Gasteiger charge is -2.20. The van der Waals surface area contributed by atoms with Crippen molar-refractivity contribution in [3.05, 3.63) is 35.9 Å². The SMILES string of the molecule is NC(=O)CNC(=O)[C@H](CCc1ccccc1)NC(=O)[C@@H]1CCCN1. The molecule has 0 bridgehead atoms. The van der Waals surface area contributed by atoms with Crippen LogP contribution >= 0.6 is 0 Å². The lowest BCUT2D eigenvalue weighted by Crippen LogP contribution is -2.52. The molecule has 0 aliphatic carbocycles. The van der Waals surface area contributed by atoms with E-state index in [1.165, 1.54) is 0 Å². The van der Waals surface area contributed by atoms with Gasteiger partial charge in [-0.3, -0.25) is 14.4 Å². The second-order valence-corrected chi connectivity index (χ2v) is 5.92. The monoisotopic (exact) mass is 332 g/mol. The van der Waals surface area contributed by atoms with Crippen LogP contribution in [0.15, 0.2) is 30.3 Å². The van der Waals surface area contributed by atoms with Crippen molar-refractivity contribution in [2.75, 3.05) is 13.1 Å². The maximum absolute atomic E-state index is 12.3. The van der Waals surface area contributed by atoms with E-state index in [2.05, 4.69) is 16.0 Å². The highest BCUT2D eigenvalue weighted by atomic mass is 16.2. The fraction of sp³-hybridized carbons (Fsp3) is 0.471. The molecule has 3 amide bonds. The second-order valence-electron chi connectivity index (χ2n) is 5.92. The third kappa shape index (κ3) is 5.66. The van der Waals surface area contributed by atoms with E-state index >= 15 is 0 Å². The van der Waals surface area contributed by atoms with Crippen LogP contribution in [0.25, 0.3) is 0 Å². The highest BCUT2D eigenvalue weighted by molar-refractivity contribution is 5.91. The van der Waals surface area contributed by atoms with Crippen molar-refractivity contribution in [3.8, 4) is 0 Å². The zero-order valence-corrected chi connectivity index (χ0v) is 13.6. The number of amides is 3. The van der Waals surface area contributed by atoms with Crippen molar-refractivity contribution in [2.45, 2.75) is 37.8 Å². The summed E-state index contributed by atoms with van der Waals surface area (Å²) < 4.78 is 0. The third-order valence-corrected chi connectivity index (χ3v) is 4.01. The number of carbonyl (C=O) groups is 3. The maximum atomic E-state index is 12.3. The Balaban J connectivity index is 1.95. The van der Waals surface area contributed by atoms with Crippen LogP contribution in [0.2, 0.25) is 0 Å². The zero-order chi connectivity index (χ0) is 17.4. The van der Waals surface area contributed by atoms with Gasteiger partial charge in [-0.2, -0.15) is 0 Å². The fourth-order valence-electron chi connectivity index (χ4n) is 2.70. The molecule has 7 nitrogen and oxygen atoms in total. The summed E-state index contributed by atoms with van der Waals surface area (Å²) >= 11 is 0. The Morgan fingerprint density at radius 2 is 2.00 bits per heavy atom. The minimum atomic E-state index is -0.695.